The highest BCUT2D eigenvalue weighted by molar-refractivity contribution is 7.12. The van der Waals surface area contributed by atoms with Gasteiger partial charge in [0.2, 0.25) is 0 Å². The van der Waals surface area contributed by atoms with Crippen LogP contribution in [0.15, 0.2) is 48.7 Å². The molecule has 0 radical (unpaired) electrons. The van der Waals surface area contributed by atoms with Crippen molar-refractivity contribution in [3.05, 3.63) is 64.1 Å². The summed E-state index contributed by atoms with van der Waals surface area (Å²) < 4.78 is 0. The van der Waals surface area contributed by atoms with Crippen molar-refractivity contribution in [3.8, 4) is 5.69 Å². The van der Waals surface area contributed by atoms with Crippen LogP contribution in [0.4, 0.5) is 0 Å². The topological polar surface area (TPSA) is 42.7 Å². The maximum absolute atomic E-state index is 4.63. The van der Waals surface area contributed by atoms with Crippen molar-refractivity contribution in [2.24, 2.45) is 0 Å². The molecular formula is C16H18N4S. The molecule has 3 aromatic rings. The second kappa shape index (κ2) is 6.20. The Morgan fingerprint density at radius 1 is 1.19 bits per heavy atom. The SMILES string of the molecule is CCNC(c1cnn(-c2ccccc2)n1)c1ccc(C)s1. The van der Waals surface area contributed by atoms with E-state index in [4.69, 9.17) is 0 Å². The summed E-state index contributed by atoms with van der Waals surface area (Å²) in [7, 11) is 0. The second-order valence-corrected chi connectivity index (χ2v) is 6.15. The van der Waals surface area contributed by atoms with Gasteiger partial charge in [-0.2, -0.15) is 15.0 Å². The highest BCUT2D eigenvalue weighted by Gasteiger charge is 2.18. The predicted molar refractivity (Wildman–Crippen MR) is 85.9 cm³/mol. The largest absolute Gasteiger partial charge is 0.304 e. The van der Waals surface area contributed by atoms with Crippen LogP contribution in [0, 0.1) is 6.92 Å². The van der Waals surface area contributed by atoms with Crippen LogP contribution in [0.1, 0.15) is 28.4 Å². The Hall–Kier alpha value is -1.98. The highest BCUT2D eigenvalue weighted by atomic mass is 32.1. The number of nitrogens with one attached hydrogen (secondary N) is 1. The maximum atomic E-state index is 4.63. The first kappa shape index (κ1) is 14.0. The number of rotatable bonds is 5. The van der Waals surface area contributed by atoms with Gasteiger partial charge < -0.3 is 5.32 Å². The molecule has 0 amide bonds. The van der Waals surface area contributed by atoms with Crippen molar-refractivity contribution in [3.63, 3.8) is 0 Å². The molecule has 0 saturated carbocycles. The Bertz CT molecular complexity index is 702. The minimum Gasteiger partial charge on any atom is -0.304 e. The van der Waals surface area contributed by atoms with Crippen LogP contribution in [0.3, 0.4) is 0 Å². The Kier molecular flexibility index (Phi) is 4.13. The molecule has 0 aliphatic rings. The zero-order valence-electron chi connectivity index (χ0n) is 12.2. The number of benzene rings is 1. The first-order valence-corrected chi connectivity index (χ1v) is 7.87. The van der Waals surface area contributed by atoms with Crippen LogP contribution >= 0.6 is 11.3 Å². The van der Waals surface area contributed by atoms with Crippen molar-refractivity contribution < 1.29 is 0 Å². The summed E-state index contributed by atoms with van der Waals surface area (Å²) in [6, 6.07) is 14.4. The van der Waals surface area contributed by atoms with E-state index in [1.54, 1.807) is 16.1 Å². The molecule has 2 heterocycles. The van der Waals surface area contributed by atoms with Gasteiger partial charge in [0.25, 0.3) is 0 Å². The molecule has 2 aromatic heterocycles. The van der Waals surface area contributed by atoms with Gasteiger partial charge >= 0.3 is 0 Å². The van der Waals surface area contributed by atoms with E-state index in [2.05, 4.69) is 41.5 Å². The highest BCUT2D eigenvalue weighted by Crippen LogP contribution is 2.27. The summed E-state index contributed by atoms with van der Waals surface area (Å²) in [5.41, 5.74) is 1.92. The fourth-order valence-corrected chi connectivity index (χ4v) is 3.22. The van der Waals surface area contributed by atoms with Gasteiger partial charge in [0.15, 0.2) is 0 Å². The molecule has 0 bridgehead atoms. The first-order valence-electron chi connectivity index (χ1n) is 7.05. The first-order chi connectivity index (χ1) is 10.3. The predicted octanol–water partition coefficient (Wildman–Crippen LogP) is 3.34. The minimum atomic E-state index is 0.103. The Morgan fingerprint density at radius 2 is 2.00 bits per heavy atom. The number of para-hydroxylation sites is 1. The monoisotopic (exact) mass is 298 g/mol. The molecule has 0 spiro atoms. The number of hydrogen-bond acceptors (Lipinski definition) is 4. The van der Waals surface area contributed by atoms with Crippen LogP contribution < -0.4 is 5.32 Å². The van der Waals surface area contributed by atoms with Gasteiger partial charge in [-0.1, -0.05) is 25.1 Å². The third-order valence-corrected chi connectivity index (χ3v) is 4.31. The van der Waals surface area contributed by atoms with E-state index >= 15 is 0 Å². The van der Waals surface area contributed by atoms with Gasteiger partial charge in [-0.3, -0.25) is 0 Å². The van der Waals surface area contributed by atoms with E-state index in [0.717, 1.165) is 17.9 Å². The van der Waals surface area contributed by atoms with Crippen molar-refractivity contribution in [2.45, 2.75) is 19.9 Å². The number of thiophene rings is 1. The van der Waals surface area contributed by atoms with Gasteiger partial charge in [0.05, 0.1) is 17.9 Å². The van der Waals surface area contributed by atoms with Gasteiger partial charge in [0.1, 0.15) is 5.69 Å². The summed E-state index contributed by atoms with van der Waals surface area (Å²) >= 11 is 1.80. The molecule has 0 fully saturated rings. The molecule has 5 heteroatoms. The third-order valence-electron chi connectivity index (χ3n) is 3.25. The molecule has 1 aromatic carbocycles. The lowest BCUT2D eigenvalue weighted by Crippen LogP contribution is -2.21. The zero-order chi connectivity index (χ0) is 14.7. The number of nitrogens with zero attached hydrogens (tertiary/aromatic N) is 3. The van der Waals surface area contributed by atoms with Crippen molar-refractivity contribution in [1.29, 1.82) is 0 Å². The molecular weight excluding hydrogens is 280 g/mol. The van der Waals surface area contributed by atoms with Crippen molar-refractivity contribution in [2.75, 3.05) is 6.54 Å². The van der Waals surface area contributed by atoms with E-state index in [1.165, 1.54) is 9.75 Å². The van der Waals surface area contributed by atoms with Crippen LogP contribution in [-0.4, -0.2) is 21.5 Å². The van der Waals surface area contributed by atoms with E-state index < -0.39 is 0 Å². The molecule has 0 saturated heterocycles. The molecule has 0 aliphatic heterocycles. The van der Waals surface area contributed by atoms with Gasteiger partial charge in [-0.05, 0) is 37.7 Å². The third kappa shape index (κ3) is 3.04. The lowest BCUT2D eigenvalue weighted by atomic mass is 10.2. The summed E-state index contributed by atoms with van der Waals surface area (Å²) in [6.07, 6.45) is 1.84. The summed E-state index contributed by atoms with van der Waals surface area (Å²) in [5, 5.41) is 12.5. The van der Waals surface area contributed by atoms with Crippen LogP contribution in [0.25, 0.3) is 5.69 Å². The molecule has 108 valence electrons. The quantitative estimate of drug-likeness (QED) is 0.785. The van der Waals surface area contributed by atoms with Crippen LogP contribution in [-0.2, 0) is 0 Å². The molecule has 0 aliphatic carbocycles. The fourth-order valence-electron chi connectivity index (χ4n) is 2.26. The standard InChI is InChI=1S/C16H18N4S/c1-3-17-16(15-10-9-12(2)21-15)14-11-18-20(19-14)13-7-5-4-6-8-13/h4-11,16-17H,3H2,1-2H3. The van der Waals surface area contributed by atoms with Crippen LogP contribution in [0.5, 0.6) is 0 Å². The molecule has 1 atom stereocenters. The van der Waals surface area contributed by atoms with E-state index in [9.17, 15) is 0 Å². The van der Waals surface area contributed by atoms with Gasteiger partial charge in [0, 0.05) is 9.75 Å². The molecule has 1 unspecified atom stereocenters. The average Bonchev–Trinajstić information content (AvgIpc) is 3.15. The van der Waals surface area contributed by atoms with Crippen molar-refractivity contribution in [1.82, 2.24) is 20.3 Å². The van der Waals surface area contributed by atoms with Gasteiger partial charge in [-0.15, -0.1) is 11.3 Å². The smallest absolute Gasteiger partial charge is 0.105 e. The lowest BCUT2D eigenvalue weighted by molar-refractivity contribution is 0.612. The molecule has 21 heavy (non-hydrogen) atoms. The molecule has 1 N–H and O–H groups in total. The summed E-state index contributed by atoms with van der Waals surface area (Å²) in [5.74, 6) is 0. The summed E-state index contributed by atoms with van der Waals surface area (Å²) in [6.45, 7) is 5.12. The van der Waals surface area contributed by atoms with Crippen molar-refractivity contribution >= 4 is 11.3 Å². The Balaban J connectivity index is 1.92. The maximum Gasteiger partial charge on any atom is 0.105 e. The van der Waals surface area contributed by atoms with Crippen LogP contribution in [0.2, 0.25) is 0 Å². The normalized spacial score (nSPS) is 12.5. The van der Waals surface area contributed by atoms with E-state index in [0.29, 0.717) is 0 Å². The zero-order valence-corrected chi connectivity index (χ0v) is 13.0. The van der Waals surface area contributed by atoms with E-state index in [1.807, 2.05) is 36.5 Å². The Morgan fingerprint density at radius 3 is 2.67 bits per heavy atom. The molecule has 4 nitrogen and oxygen atoms in total. The number of aryl methyl sites for hydroxylation is 1. The molecule has 3 rings (SSSR count). The lowest BCUT2D eigenvalue weighted by Gasteiger charge is -2.13. The number of aromatic nitrogens is 3. The number of hydrogen-bond donors (Lipinski definition) is 1. The average molecular weight is 298 g/mol. The summed E-state index contributed by atoms with van der Waals surface area (Å²) in [4.78, 5) is 4.26. The Labute approximate surface area is 128 Å². The van der Waals surface area contributed by atoms with E-state index in [-0.39, 0.29) is 6.04 Å². The second-order valence-electron chi connectivity index (χ2n) is 4.83. The fraction of sp³-hybridized carbons (Fsp3) is 0.250. The van der Waals surface area contributed by atoms with Gasteiger partial charge in [-0.25, -0.2) is 0 Å². The minimum absolute atomic E-state index is 0.103.